The molecular weight excluding hydrogens is 347 g/mol. The molecule has 1 aromatic carbocycles. The van der Waals surface area contributed by atoms with Crippen molar-refractivity contribution in [3.63, 3.8) is 0 Å². The second-order valence-corrected chi connectivity index (χ2v) is 7.71. The van der Waals surface area contributed by atoms with Gasteiger partial charge in [0.2, 0.25) is 11.8 Å². The molecule has 1 amide bonds. The van der Waals surface area contributed by atoms with Gasteiger partial charge in [0, 0.05) is 23.6 Å². The molecule has 1 N–H and O–H groups in total. The van der Waals surface area contributed by atoms with E-state index in [1.165, 1.54) is 6.07 Å². The van der Waals surface area contributed by atoms with Crippen LogP contribution in [0.5, 0.6) is 0 Å². The number of aromatic nitrogens is 2. The summed E-state index contributed by atoms with van der Waals surface area (Å²) < 4.78 is 18.9. The smallest absolute Gasteiger partial charge is 0.238 e. The lowest BCUT2D eigenvalue weighted by molar-refractivity contribution is -0.117. The Kier molecular flexibility index (Phi) is 5.20. The highest BCUT2D eigenvalue weighted by Gasteiger charge is 2.30. The molecule has 144 valence electrons. The number of piperidine rings is 1. The maximum absolute atomic E-state index is 13.6. The van der Waals surface area contributed by atoms with E-state index in [1.807, 2.05) is 0 Å². The molecule has 0 spiro atoms. The lowest BCUT2D eigenvalue weighted by Crippen LogP contribution is -2.39. The molecule has 2 aromatic rings. The van der Waals surface area contributed by atoms with Crippen LogP contribution >= 0.6 is 0 Å². The van der Waals surface area contributed by atoms with Gasteiger partial charge >= 0.3 is 0 Å². The molecule has 0 unspecified atom stereocenters. The number of nitrogens with zero attached hydrogens (tertiary/aromatic N) is 3. The predicted octanol–water partition coefficient (Wildman–Crippen LogP) is 3.29. The van der Waals surface area contributed by atoms with Crippen LogP contribution in [-0.4, -0.2) is 40.6 Å². The van der Waals surface area contributed by atoms with Crippen LogP contribution in [0.3, 0.4) is 0 Å². The van der Waals surface area contributed by atoms with Crippen LogP contribution < -0.4 is 5.32 Å². The maximum Gasteiger partial charge on any atom is 0.238 e. The first-order valence-corrected chi connectivity index (χ1v) is 9.68. The zero-order valence-corrected chi connectivity index (χ0v) is 15.6. The third-order valence-corrected chi connectivity index (χ3v) is 5.50. The molecule has 6 nitrogen and oxygen atoms in total. The summed E-state index contributed by atoms with van der Waals surface area (Å²) in [6, 6.07) is 4.73. The first kappa shape index (κ1) is 18.1. The van der Waals surface area contributed by atoms with Gasteiger partial charge in [-0.2, -0.15) is 4.98 Å². The summed E-state index contributed by atoms with van der Waals surface area (Å²) in [5.74, 6) is 2.23. The van der Waals surface area contributed by atoms with E-state index in [0.29, 0.717) is 29.6 Å². The quantitative estimate of drug-likeness (QED) is 0.842. The van der Waals surface area contributed by atoms with E-state index in [4.69, 9.17) is 4.52 Å². The molecule has 7 heteroatoms. The predicted molar refractivity (Wildman–Crippen MR) is 98.9 cm³/mol. The van der Waals surface area contributed by atoms with Gasteiger partial charge in [-0.25, -0.2) is 4.39 Å². The number of carbonyl (C=O) groups excluding carboxylic acids is 1. The van der Waals surface area contributed by atoms with Gasteiger partial charge in [0.15, 0.2) is 5.82 Å². The molecule has 2 heterocycles. The fourth-order valence-corrected chi connectivity index (χ4v) is 3.59. The molecule has 2 fully saturated rings. The van der Waals surface area contributed by atoms with Gasteiger partial charge in [-0.3, -0.25) is 9.69 Å². The van der Waals surface area contributed by atoms with Gasteiger partial charge in [0.25, 0.3) is 0 Å². The van der Waals surface area contributed by atoms with E-state index in [-0.39, 0.29) is 11.7 Å². The van der Waals surface area contributed by atoms with Crippen molar-refractivity contribution in [3.05, 3.63) is 41.3 Å². The first-order valence-electron chi connectivity index (χ1n) is 9.68. The first-order chi connectivity index (χ1) is 13.1. The number of amides is 1. The highest BCUT2D eigenvalue weighted by molar-refractivity contribution is 5.92. The molecule has 2 aliphatic rings. The van der Waals surface area contributed by atoms with Crippen molar-refractivity contribution < 1.29 is 13.7 Å². The molecule has 27 heavy (non-hydrogen) atoms. The van der Waals surface area contributed by atoms with Crippen LogP contribution in [0.25, 0.3) is 0 Å². The third kappa shape index (κ3) is 4.53. The summed E-state index contributed by atoms with van der Waals surface area (Å²) in [6.45, 7) is 3.74. The zero-order valence-electron chi connectivity index (χ0n) is 15.6. The minimum Gasteiger partial charge on any atom is -0.339 e. The number of benzene rings is 1. The van der Waals surface area contributed by atoms with Gasteiger partial charge in [-0.1, -0.05) is 11.2 Å². The molecule has 1 saturated heterocycles. The number of anilines is 1. The number of halogens is 1. The molecule has 1 aliphatic heterocycles. The normalized spacial score (nSPS) is 18.6. The van der Waals surface area contributed by atoms with E-state index >= 15 is 0 Å². The second-order valence-electron chi connectivity index (χ2n) is 7.71. The summed E-state index contributed by atoms with van der Waals surface area (Å²) in [7, 11) is 0. The fourth-order valence-electron chi connectivity index (χ4n) is 3.59. The monoisotopic (exact) mass is 372 g/mol. The number of nitrogens with one attached hydrogen (secondary N) is 1. The van der Waals surface area contributed by atoms with E-state index in [1.54, 1.807) is 19.1 Å². The summed E-state index contributed by atoms with van der Waals surface area (Å²) in [5.41, 5.74) is 1.01. The highest BCUT2D eigenvalue weighted by atomic mass is 19.1. The van der Waals surface area contributed by atoms with Crippen LogP contribution in [0.4, 0.5) is 10.1 Å². The largest absolute Gasteiger partial charge is 0.339 e. The third-order valence-electron chi connectivity index (χ3n) is 5.50. The molecule has 4 rings (SSSR count). The van der Waals surface area contributed by atoms with Gasteiger partial charge < -0.3 is 9.84 Å². The molecule has 0 bridgehead atoms. The van der Waals surface area contributed by atoms with Crippen molar-refractivity contribution in [2.45, 2.75) is 44.9 Å². The Morgan fingerprint density at radius 1 is 1.30 bits per heavy atom. The molecule has 1 aromatic heterocycles. The number of hydrogen-bond donors (Lipinski definition) is 1. The van der Waals surface area contributed by atoms with Crippen molar-refractivity contribution in [1.29, 1.82) is 0 Å². The van der Waals surface area contributed by atoms with Crippen molar-refractivity contribution >= 4 is 11.6 Å². The van der Waals surface area contributed by atoms with Crippen LogP contribution in [0.2, 0.25) is 0 Å². The minimum atomic E-state index is -0.306. The number of carbonyl (C=O) groups is 1. The average Bonchev–Trinajstić information content (AvgIpc) is 3.40. The van der Waals surface area contributed by atoms with Crippen LogP contribution in [-0.2, 0) is 11.2 Å². The van der Waals surface area contributed by atoms with Crippen LogP contribution in [0.1, 0.15) is 48.9 Å². The Labute approximate surface area is 158 Å². The SMILES string of the molecule is Cc1c(F)cccc1NC(=O)CN1CCC(Cc2noc(C3CC3)n2)CC1. The number of rotatable bonds is 6. The molecular formula is C20H25FN4O2. The standard InChI is InChI=1S/C20H25FN4O2/c1-13-16(21)3-2-4-17(13)22-19(26)12-25-9-7-14(8-10-25)11-18-23-20(27-24-18)15-5-6-15/h2-4,14-15H,5-12H2,1H3,(H,22,26). The Hall–Kier alpha value is -2.28. The summed E-state index contributed by atoms with van der Waals surface area (Å²) in [5, 5.41) is 6.92. The maximum atomic E-state index is 13.6. The summed E-state index contributed by atoms with van der Waals surface area (Å²) in [4.78, 5) is 18.9. The minimum absolute atomic E-state index is 0.102. The Balaban J connectivity index is 1.22. The summed E-state index contributed by atoms with van der Waals surface area (Å²) in [6.07, 6.45) is 5.20. The number of hydrogen-bond acceptors (Lipinski definition) is 5. The second kappa shape index (κ2) is 7.76. The Bertz CT molecular complexity index is 810. The van der Waals surface area contributed by atoms with Gasteiger partial charge in [-0.05, 0) is 63.7 Å². The van der Waals surface area contributed by atoms with Gasteiger partial charge in [0.1, 0.15) is 5.82 Å². The van der Waals surface area contributed by atoms with Crippen LogP contribution in [0.15, 0.2) is 22.7 Å². The topological polar surface area (TPSA) is 71.3 Å². The van der Waals surface area contributed by atoms with Crippen molar-refractivity contribution in [2.24, 2.45) is 5.92 Å². The lowest BCUT2D eigenvalue weighted by Gasteiger charge is -2.30. The Morgan fingerprint density at radius 3 is 2.81 bits per heavy atom. The molecule has 1 aliphatic carbocycles. The fraction of sp³-hybridized carbons (Fsp3) is 0.550. The highest BCUT2D eigenvalue weighted by Crippen LogP contribution is 2.39. The van der Waals surface area contributed by atoms with Gasteiger partial charge in [0.05, 0.1) is 6.54 Å². The van der Waals surface area contributed by atoms with Crippen LogP contribution in [0, 0.1) is 18.7 Å². The van der Waals surface area contributed by atoms with Crippen molar-refractivity contribution in [1.82, 2.24) is 15.0 Å². The van der Waals surface area contributed by atoms with Crippen molar-refractivity contribution in [3.8, 4) is 0 Å². The lowest BCUT2D eigenvalue weighted by atomic mass is 9.93. The van der Waals surface area contributed by atoms with Crippen molar-refractivity contribution in [2.75, 3.05) is 25.0 Å². The number of likely N-dealkylation sites (tertiary alicyclic amines) is 1. The van der Waals surface area contributed by atoms with Gasteiger partial charge in [-0.15, -0.1) is 0 Å². The van der Waals surface area contributed by atoms with E-state index in [9.17, 15) is 9.18 Å². The Morgan fingerprint density at radius 2 is 2.07 bits per heavy atom. The zero-order chi connectivity index (χ0) is 18.8. The van der Waals surface area contributed by atoms with E-state index in [0.717, 1.165) is 56.9 Å². The van der Waals surface area contributed by atoms with E-state index in [2.05, 4.69) is 20.4 Å². The molecule has 0 radical (unpaired) electrons. The molecule has 0 atom stereocenters. The van der Waals surface area contributed by atoms with E-state index < -0.39 is 0 Å². The molecule has 1 saturated carbocycles. The average molecular weight is 372 g/mol. The summed E-state index contributed by atoms with van der Waals surface area (Å²) >= 11 is 0.